The molecule has 0 aliphatic heterocycles. The molecule has 2 aromatic carbocycles. The molecule has 0 aliphatic carbocycles. The third kappa shape index (κ3) is 9.51. The number of carbonyl (C=O) groups excluding carboxylic acids is 2. The summed E-state index contributed by atoms with van der Waals surface area (Å²) in [5.74, 6) is -1.43. The fourth-order valence-corrected chi connectivity index (χ4v) is 5.48. The molecule has 9 nitrogen and oxygen atoms in total. The molecule has 0 saturated carbocycles. The average Bonchev–Trinajstić information content (AvgIpc) is 2.95. The van der Waals surface area contributed by atoms with Crippen LogP contribution in [-0.2, 0) is 27.1 Å². The molecule has 0 radical (unpaired) electrons. The van der Waals surface area contributed by atoms with Crippen LogP contribution in [0.5, 0.6) is 0 Å². The number of rotatable bonds is 11. The summed E-state index contributed by atoms with van der Waals surface area (Å²) in [4.78, 5) is 43.8. The summed E-state index contributed by atoms with van der Waals surface area (Å²) >= 11 is 0. The summed E-state index contributed by atoms with van der Waals surface area (Å²) in [6.45, 7) is 11.3. The Hall–Kier alpha value is -3.97. The van der Waals surface area contributed by atoms with Crippen molar-refractivity contribution in [2.75, 3.05) is 5.32 Å². The lowest BCUT2D eigenvalue weighted by molar-refractivity contribution is -0.210. The van der Waals surface area contributed by atoms with Gasteiger partial charge in [0.25, 0.3) is 5.56 Å². The Bertz CT molecular complexity index is 1510. The second kappa shape index (κ2) is 14.4. The predicted molar refractivity (Wildman–Crippen MR) is 169 cm³/mol. The van der Waals surface area contributed by atoms with Gasteiger partial charge in [-0.05, 0) is 29.6 Å². The van der Waals surface area contributed by atoms with E-state index in [1.54, 1.807) is 81.5 Å². The number of amides is 2. The van der Waals surface area contributed by atoms with Crippen LogP contribution < -0.4 is 16.2 Å². The molecule has 1 heterocycles. The molecule has 2 amide bonds. The van der Waals surface area contributed by atoms with Gasteiger partial charge in [0.15, 0.2) is 14.4 Å². The van der Waals surface area contributed by atoms with E-state index in [4.69, 9.17) is 9.16 Å². The Morgan fingerprint density at radius 2 is 1.56 bits per heavy atom. The molecule has 0 saturated heterocycles. The fourth-order valence-electron chi connectivity index (χ4n) is 4.22. The van der Waals surface area contributed by atoms with Gasteiger partial charge >= 0.3 is 12.3 Å². The Morgan fingerprint density at radius 3 is 2.09 bits per heavy atom. The lowest BCUT2D eigenvalue weighted by Crippen LogP contribution is -2.59. The lowest BCUT2D eigenvalue weighted by Gasteiger charge is -2.42. The van der Waals surface area contributed by atoms with Crippen molar-refractivity contribution < 1.29 is 31.9 Å². The molecule has 244 valence electrons. The van der Waals surface area contributed by atoms with E-state index in [1.165, 1.54) is 0 Å². The van der Waals surface area contributed by atoms with Crippen LogP contribution in [0.3, 0.4) is 0 Å². The maximum absolute atomic E-state index is 14.5. The second-order valence-electron chi connectivity index (χ2n) is 12.6. The molecule has 0 spiro atoms. The van der Waals surface area contributed by atoms with E-state index >= 15 is 0 Å². The monoisotopic (exact) mass is 646 g/mol. The smallest absolute Gasteiger partial charge is 0.415 e. The maximum Gasteiger partial charge on any atom is 0.415 e. The molecule has 2 unspecified atom stereocenters. The molecule has 0 fully saturated rings. The summed E-state index contributed by atoms with van der Waals surface area (Å²) in [5.41, 5.74) is 0.154. The Morgan fingerprint density at radius 1 is 0.978 bits per heavy atom. The van der Waals surface area contributed by atoms with Crippen molar-refractivity contribution in [2.45, 2.75) is 84.2 Å². The summed E-state index contributed by atoms with van der Waals surface area (Å²) in [5, 5.41) is 4.33. The number of halogens is 3. The molecular formula is C32H41F3N4O5Si. The van der Waals surface area contributed by atoms with Crippen molar-refractivity contribution >= 4 is 26.0 Å². The van der Waals surface area contributed by atoms with Crippen LogP contribution in [0.25, 0.3) is 11.4 Å². The van der Waals surface area contributed by atoms with Crippen LogP contribution in [-0.4, -0.2) is 48.2 Å². The van der Waals surface area contributed by atoms with Crippen LogP contribution in [0, 0.1) is 5.92 Å². The lowest BCUT2D eigenvalue weighted by atomic mass is 9.98. The summed E-state index contributed by atoms with van der Waals surface area (Å²) in [6.07, 6.45) is -6.81. The van der Waals surface area contributed by atoms with E-state index in [2.05, 4.69) is 15.6 Å². The highest BCUT2D eigenvalue weighted by Crippen LogP contribution is 2.41. The number of benzene rings is 2. The summed E-state index contributed by atoms with van der Waals surface area (Å²) in [7, 11) is -2.91. The van der Waals surface area contributed by atoms with Crippen molar-refractivity contribution in [3.05, 3.63) is 82.8 Å². The number of ether oxygens (including phenoxy) is 1. The first-order valence-corrected chi connectivity index (χ1v) is 17.5. The number of hydrogen-bond donors (Lipinski definition) is 2. The number of hydrogen-bond acceptors (Lipinski definition) is 6. The maximum atomic E-state index is 14.5. The quantitative estimate of drug-likeness (QED) is 0.223. The van der Waals surface area contributed by atoms with Gasteiger partial charge in [0.05, 0.1) is 12.2 Å². The van der Waals surface area contributed by atoms with Crippen molar-refractivity contribution in [1.29, 1.82) is 0 Å². The van der Waals surface area contributed by atoms with Crippen LogP contribution >= 0.6 is 0 Å². The van der Waals surface area contributed by atoms with Gasteiger partial charge in [-0.2, -0.15) is 13.2 Å². The average molecular weight is 647 g/mol. The number of aromatic nitrogens is 2. The minimum Gasteiger partial charge on any atom is -0.444 e. The minimum atomic E-state index is -4.77. The first-order valence-electron chi connectivity index (χ1n) is 14.6. The highest BCUT2D eigenvalue weighted by atomic mass is 28.4. The molecule has 3 aromatic rings. The van der Waals surface area contributed by atoms with Crippen molar-refractivity contribution in [1.82, 2.24) is 14.9 Å². The topological polar surface area (TPSA) is 112 Å². The summed E-state index contributed by atoms with van der Waals surface area (Å²) < 4.78 is 55.4. The largest absolute Gasteiger partial charge is 0.444 e. The first kappa shape index (κ1) is 35.5. The van der Waals surface area contributed by atoms with E-state index in [-0.39, 0.29) is 18.1 Å². The van der Waals surface area contributed by atoms with Crippen LogP contribution in [0.1, 0.15) is 40.2 Å². The third-order valence-electron chi connectivity index (χ3n) is 7.75. The molecule has 3 rings (SSSR count). The van der Waals surface area contributed by atoms with Crippen LogP contribution in [0.4, 0.5) is 23.7 Å². The van der Waals surface area contributed by atoms with Crippen molar-refractivity contribution in [3.63, 3.8) is 0 Å². The van der Waals surface area contributed by atoms with E-state index in [1.807, 2.05) is 26.8 Å². The Balaban J connectivity index is 1.92. The number of anilines is 1. The van der Waals surface area contributed by atoms with Crippen molar-refractivity contribution in [2.24, 2.45) is 5.92 Å². The molecule has 0 aliphatic rings. The van der Waals surface area contributed by atoms with Gasteiger partial charge in [-0.3, -0.25) is 19.5 Å². The zero-order chi connectivity index (χ0) is 33.6. The normalized spacial score (nSPS) is 13.7. The van der Waals surface area contributed by atoms with Gasteiger partial charge in [-0.1, -0.05) is 95.3 Å². The van der Waals surface area contributed by atoms with Gasteiger partial charge in [0.2, 0.25) is 5.91 Å². The zero-order valence-electron chi connectivity index (χ0n) is 26.6. The molecule has 45 heavy (non-hydrogen) atoms. The van der Waals surface area contributed by atoms with Gasteiger partial charge in [-0.15, -0.1) is 0 Å². The number of nitrogens with zero attached hydrogens (tertiary/aromatic N) is 2. The second-order valence-corrected chi connectivity index (χ2v) is 17.4. The number of nitrogens with one attached hydrogen (secondary N) is 2. The summed E-state index contributed by atoms with van der Waals surface area (Å²) in [6, 6.07) is 16.0. The Labute approximate surface area is 262 Å². The van der Waals surface area contributed by atoms with Gasteiger partial charge in [0.1, 0.15) is 24.7 Å². The molecular weight excluding hydrogens is 605 g/mol. The minimum absolute atomic E-state index is 0.0489. The number of alkyl halides is 3. The highest BCUT2D eigenvalue weighted by molar-refractivity contribution is 6.74. The van der Waals surface area contributed by atoms with Crippen molar-refractivity contribution in [3.8, 4) is 11.4 Å². The highest BCUT2D eigenvalue weighted by Gasteiger charge is 2.52. The SMILES string of the molecule is CC(C)C(NC(=O)Cn1c(-c2ccccc2)ncc(NC(=O)OCc2ccccc2)c1=O)C(O[Si](C)(C)C(C)(C)C)C(F)(F)F. The zero-order valence-corrected chi connectivity index (χ0v) is 27.6. The van der Waals surface area contributed by atoms with E-state index in [9.17, 15) is 27.6 Å². The van der Waals surface area contributed by atoms with E-state index < -0.39 is 61.7 Å². The van der Waals surface area contributed by atoms with Crippen LogP contribution in [0.2, 0.25) is 18.1 Å². The molecule has 0 bridgehead atoms. The molecule has 2 N–H and O–H groups in total. The fraction of sp³-hybridized carbons (Fsp3) is 0.438. The standard InChI is InChI=1S/C32H41F3N4O5Si/c1-21(2)26(27(32(33,34)35)44-45(6,7)31(3,4)5)38-25(40)19-39-28(23-16-12-9-13-17-23)36-18-24(29(39)41)37-30(42)43-20-22-14-10-8-11-15-22/h8-18,21,26-27H,19-20H2,1-7H3,(H,37,42)(H,38,40). The predicted octanol–water partition coefficient (Wildman–Crippen LogP) is 6.75. The Kier molecular flexibility index (Phi) is 11.4. The first-order chi connectivity index (χ1) is 20.9. The van der Waals surface area contributed by atoms with Crippen LogP contribution in [0.15, 0.2) is 71.7 Å². The van der Waals surface area contributed by atoms with E-state index in [0.29, 0.717) is 5.56 Å². The molecule has 1 aromatic heterocycles. The third-order valence-corrected chi connectivity index (χ3v) is 12.2. The van der Waals surface area contributed by atoms with E-state index in [0.717, 1.165) is 16.3 Å². The van der Waals surface area contributed by atoms with Gasteiger partial charge < -0.3 is 14.5 Å². The molecule has 2 atom stereocenters. The number of carbonyl (C=O) groups is 2. The molecule has 13 heteroatoms. The van der Waals surface area contributed by atoms with Gasteiger partial charge in [-0.25, -0.2) is 9.78 Å². The van der Waals surface area contributed by atoms with Gasteiger partial charge in [0, 0.05) is 5.56 Å².